The van der Waals surface area contributed by atoms with Crippen LogP contribution in [-0.2, 0) is 0 Å². The summed E-state index contributed by atoms with van der Waals surface area (Å²) in [6.45, 7) is 1.00. The number of pyridine rings is 1. The molecule has 9 nitrogen and oxygen atoms in total. The van der Waals surface area contributed by atoms with Crippen molar-refractivity contribution in [3.8, 4) is 11.6 Å². The van der Waals surface area contributed by atoms with E-state index in [1.165, 1.54) is 23.1 Å². The fourth-order valence-electron chi connectivity index (χ4n) is 3.34. The monoisotopic (exact) mass is 393 g/mol. The zero-order valence-corrected chi connectivity index (χ0v) is 15.5. The van der Waals surface area contributed by atoms with Gasteiger partial charge in [-0.2, -0.15) is 15.0 Å². The van der Waals surface area contributed by atoms with E-state index in [0.29, 0.717) is 24.3 Å². The van der Waals surface area contributed by atoms with Crippen LogP contribution in [0, 0.1) is 0 Å². The van der Waals surface area contributed by atoms with Gasteiger partial charge in [0.2, 0.25) is 5.88 Å². The van der Waals surface area contributed by atoms with Gasteiger partial charge < -0.3 is 14.7 Å². The number of hydrogen-bond donors (Lipinski definition) is 1. The number of piperidine rings is 1. The first-order valence-corrected chi connectivity index (χ1v) is 9.23. The second-order valence-corrected chi connectivity index (χ2v) is 6.66. The summed E-state index contributed by atoms with van der Waals surface area (Å²) in [4.78, 5) is 31.5. The van der Waals surface area contributed by atoms with Gasteiger partial charge in [-0.1, -0.05) is 12.1 Å². The summed E-state index contributed by atoms with van der Waals surface area (Å²) in [5.74, 6) is -0.926. The lowest BCUT2D eigenvalue weighted by molar-refractivity contribution is 0.0527. The molecule has 1 aromatic carbocycles. The molecule has 0 radical (unpaired) electrons. The van der Waals surface area contributed by atoms with Gasteiger partial charge in [-0.05, 0) is 31.0 Å². The van der Waals surface area contributed by atoms with E-state index in [0.717, 1.165) is 12.8 Å². The number of carbonyl (C=O) groups excluding carboxylic acids is 1. The van der Waals surface area contributed by atoms with E-state index >= 15 is 0 Å². The molecule has 1 aliphatic heterocycles. The van der Waals surface area contributed by atoms with Crippen LogP contribution in [0.15, 0.2) is 55.0 Å². The maximum absolute atomic E-state index is 13.2. The number of aromatic nitrogens is 4. The van der Waals surface area contributed by atoms with Crippen LogP contribution < -0.4 is 4.74 Å². The molecule has 2 aromatic heterocycles. The topological polar surface area (TPSA) is 110 Å². The number of ether oxygens (including phenoxy) is 1. The summed E-state index contributed by atoms with van der Waals surface area (Å²) < 4.78 is 5.87. The highest BCUT2D eigenvalue weighted by molar-refractivity contribution is 5.97. The van der Waals surface area contributed by atoms with E-state index in [2.05, 4.69) is 15.2 Å². The summed E-state index contributed by atoms with van der Waals surface area (Å²) >= 11 is 0. The Morgan fingerprint density at radius 3 is 2.69 bits per heavy atom. The highest BCUT2D eigenvalue weighted by atomic mass is 16.5. The molecule has 0 spiro atoms. The van der Waals surface area contributed by atoms with Crippen LogP contribution in [0.2, 0.25) is 0 Å². The Labute approximate surface area is 166 Å². The number of carboxylic acid groups (broad SMARTS) is 1. The Kier molecular flexibility index (Phi) is 5.19. The largest absolute Gasteiger partial charge is 0.478 e. The molecular weight excluding hydrogens is 374 g/mol. The molecule has 29 heavy (non-hydrogen) atoms. The molecule has 0 saturated carbocycles. The number of amides is 1. The average molecular weight is 393 g/mol. The fraction of sp³-hybridized carbons (Fsp3) is 0.250. The standard InChI is InChI=1S/C20H19N5O4/c26-19(16-5-1-2-6-17(16)25-22-9-10-23-25)24-11-3-4-15(13-24)29-18-12-14(20(27)28)7-8-21-18/h1-2,5-10,12,15H,3-4,11,13H2,(H,27,28)/t15-/m1/s1. The van der Waals surface area contributed by atoms with Gasteiger partial charge in [0.25, 0.3) is 5.91 Å². The molecule has 1 N–H and O–H groups in total. The Hall–Kier alpha value is -3.75. The second-order valence-electron chi connectivity index (χ2n) is 6.66. The van der Waals surface area contributed by atoms with E-state index in [9.17, 15) is 9.59 Å². The average Bonchev–Trinajstić information content (AvgIpc) is 3.28. The van der Waals surface area contributed by atoms with E-state index in [4.69, 9.17) is 9.84 Å². The molecule has 0 unspecified atom stereocenters. The van der Waals surface area contributed by atoms with Gasteiger partial charge in [0, 0.05) is 18.8 Å². The third kappa shape index (κ3) is 4.08. The Morgan fingerprint density at radius 1 is 1.10 bits per heavy atom. The molecule has 1 fully saturated rings. The molecule has 0 aliphatic carbocycles. The van der Waals surface area contributed by atoms with Crippen LogP contribution in [0.5, 0.6) is 5.88 Å². The van der Waals surface area contributed by atoms with Gasteiger partial charge >= 0.3 is 5.97 Å². The third-order valence-corrected chi connectivity index (χ3v) is 4.70. The Balaban J connectivity index is 1.50. The molecule has 9 heteroatoms. The first kappa shape index (κ1) is 18.6. The second kappa shape index (κ2) is 8.09. The maximum Gasteiger partial charge on any atom is 0.335 e. The van der Waals surface area contributed by atoms with Gasteiger partial charge in [-0.15, -0.1) is 0 Å². The quantitative estimate of drug-likeness (QED) is 0.706. The van der Waals surface area contributed by atoms with Crippen molar-refractivity contribution in [1.82, 2.24) is 24.9 Å². The number of rotatable bonds is 5. The van der Waals surface area contributed by atoms with E-state index in [1.807, 2.05) is 6.07 Å². The maximum atomic E-state index is 13.2. The molecular formula is C20H19N5O4. The lowest BCUT2D eigenvalue weighted by Gasteiger charge is -2.33. The summed E-state index contributed by atoms with van der Waals surface area (Å²) in [7, 11) is 0. The minimum atomic E-state index is -1.04. The van der Waals surface area contributed by atoms with Crippen LogP contribution in [0.1, 0.15) is 33.6 Å². The molecule has 1 saturated heterocycles. The third-order valence-electron chi connectivity index (χ3n) is 4.70. The molecule has 1 amide bonds. The van der Waals surface area contributed by atoms with Crippen LogP contribution in [0.3, 0.4) is 0 Å². The number of carbonyl (C=O) groups is 2. The van der Waals surface area contributed by atoms with Gasteiger partial charge in [0.1, 0.15) is 6.10 Å². The summed E-state index contributed by atoms with van der Waals surface area (Å²) in [6, 6.07) is 9.99. The number of carboxylic acids is 1. The minimum absolute atomic E-state index is 0.111. The predicted molar refractivity (Wildman–Crippen MR) is 102 cm³/mol. The summed E-state index contributed by atoms with van der Waals surface area (Å²) in [6.07, 6.45) is 5.79. The zero-order valence-electron chi connectivity index (χ0n) is 15.5. The van der Waals surface area contributed by atoms with Gasteiger partial charge in [0.05, 0.1) is 35.8 Å². The highest BCUT2D eigenvalue weighted by Gasteiger charge is 2.27. The number of benzene rings is 1. The Bertz CT molecular complexity index is 1020. The van der Waals surface area contributed by atoms with Gasteiger partial charge in [-0.3, -0.25) is 4.79 Å². The first-order valence-electron chi connectivity index (χ1n) is 9.23. The number of para-hydroxylation sites is 1. The number of nitrogens with zero attached hydrogens (tertiary/aromatic N) is 5. The molecule has 3 aromatic rings. The van der Waals surface area contributed by atoms with E-state index in [1.54, 1.807) is 35.5 Å². The Morgan fingerprint density at radius 2 is 1.90 bits per heavy atom. The summed E-state index contributed by atoms with van der Waals surface area (Å²) in [5, 5.41) is 17.4. The fourth-order valence-corrected chi connectivity index (χ4v) is 3.34. The number of likely N-dealkylation sites (tertiary alicyclic amines) is 1. The minimum Gasteiger partial charge on any atom is -0.478 e. The van der Waals surface area contributed by atoms with Crippen molar-refractivity contribution >= 4 is 11.9 Å². The normalized spacial score (nSPS) is 16.4. The van der Waals surface area contributed by atoms with Crippen molar-refractivity contribution in [3.05, 3.63) is 66.1 Å². The van der Waals surface area contributed by atoms with Crippen molar-refractivity contribution < 1.29 is 19.4 Å². The molecule has 3 heterocycles. The molecule has 1 aliphatic rings. The van der Waals surface area contributed by atoms with Gasteiger partial charge in [0.15, 0.2) is 0 Å². The van der Waals surface area contributed by atoms with Crippen molar-refractivity contribution in [2.75, 3.05) is 13.1 Å². The van der Waals surface area contributed by atoms with E-state index < -0.39 is 5.97 Å². The first-order chi connectivity index (χ1) is 14.1. The van der Waals surface area contributed by atoms with Crippen LogP contribution in [0.25, 0.3) is 5.69 Å². The molecule has 148 valence electrons. The van der Waals surface area contributed by atoms with Crippen molar-refractivity contribution in [2.45, 2.75) is 18.9 Å². The summed E-state index contributed by atoms with van der Waals surface area (Å²) in [5.41, 5.74) is 1.23. The van der Waals surface area contributed by atoms with Gasteiger partial charge in [-0.25, -0.2) is 9.78 Å². The predicted octanol–water partition coefficient (Wildman–Crippen LogP) is 2.04. The highest BCUT2D eigenvalue weighted by Crippen LogP contribution is 2.21. The van der Waals surface area contributed by atoms with Crippen LogP contribution in [-0.4, -0.2) is 61.1 Å². The molecule has 4 rings (SSSR count). The SMILES string of the molecule is O=C(O)c1ccnc(O[C@@H]2CCCN(C(=O)c3ccccc3-n3nccn3)C2)c1. The lowest BCUT2D eigenvalue weighted by Crippen LogP contribution is -2.44. The van der Waals surface area contributed by atoms with Crippen LogP contribution in [0.4, 0.5) is 0 Å². The van der Waals surface area contributed by atoms with Crippen LogP contribution >= 0.6 is 0 Å². The number of hydrogen-bond acceptors (Lipinski definition) is 6. The lowest BCUT2D eigenvalue weighted by atomic mass is 10.1. The molecule has 0 bridgehead atoms. The van der Waals surface area contributed by atoms with Crippen molar-refractivity contribution in [2.24, 2.45) is 0 Å². The van der Waals surface area contributed by atoms with Crippen molar-refractivity contribution in [3.63, 3.8) is 0 Å². The molecule has 1 atom stereocenters. The smallest absolute Gasteiger partial charge is 0.335 e. The number of aromatic carboxylic acids is 1. The van der Waals surface area contributed by atoms with Crippen molar-refractivity contribution in [1.29, 1.82) is 0 Å². The van der Waals surface area contributed by atoms with E-state index in [-0.39, 0.29) is 23.5 Å². The zero-order chi connectivity index (χ0) is 20.2.